The van der Waals surface area contributed by atoms with Gasteiger partial charge < -0.3 is 24.1 Å². The van der Waals surface area contributed by atoms with Gasteiger partial charge >= 0.3 is 11.9 Å². The highest BCUT2D eigenvalue weighted by atomic mass is 32.1. The quantitative estimate of drug-likeness (QED) is 0.133. The highest BCUT2D eigenvalue weighted by molar-refractivity contribution is 7.17. The van der Waals surface area contributed by atoms with Gasteiger partial charge in [0, 0.05) is 23.6 Å². The van der Waals surface area contributed by atoms with Gasteiger partial charge in [-0.05, 0) is 49.7 Å². The van der Waals surface area contributed by atoms with E-state index in [1.807, 2.05) is 6.92 Å². The molecule has 11 heteroatoms. The second-order valence-corrected chi connectivity index (χ2v) is 10.5. The Hall–Kier alpha value is -4.64. The van der Waals surface area contributed by atoms with Gasteiger partial charge in [0.05, 0.1) is 25.5 Å². The fourth-order valence-corrected chi connectivity index (χ4v) is 5.96. The molecule has 2 aliphatic heterocycles. The van der Waals surface area contributed by atoms with Crippen LogP contribution in [-0.2, 0) is 20.7 Å². The molecule has 2 aliphatic rings. The topological polar surface area (TPSA) is 124 Å². The summed E-state index contributed by atoms with van der Waals surface area (Å²) in [6, 6.07) is 8.95. The van der Waals surface area contributed by atoms with Crippen molar-refractivity contribution in [3.8, 4) is 17.2 Å². The van der Waals surface area contributed by atoms with Crippen LogP contribution < -0.4 is 19.1 Å². The standard InChI is InChI=1S/C30H28N2O8S/c1-6-11-39-29(36)27-16(3)31-30(41-27)32-24(20-9-8-19(37-4)14-22(20)38-5)23(26(34)28(32)35)25(33)17-7-10-21-18(13-17)12-15(2)40-21/h6-10,13-15,24,33H,1,11-12H2,2-5H3/b25-23+. The van der Waals surface area contributed by atoms with Crippen molar-refractivity contribution < 1.29 is 38.4 Å². The van der Waals surface area contributed by atoms with E-state index in [0.29, 0.717) is 40.5 Å². The third-order valence-corrected chi connectivity index (χ3v) is 7.99. The molecule has 1 aromatic heterocycles. The fourth-order valence-electron chi connectivity index (χ4n) is 4.97. The number of rotatable bonds is 8. The molecule has 5 rings (SSSR count). The molecule has 0 radical (unpaired) electrons. The van der Waals surface area contributed by atoms with Crippen LogP contribution in [0.2, 0.25) is 0 Å². The summed E-state index contributed by atoms with van der Waals surface area (Å²) >= 11 is 0.913. The lowest BCUT2D eigenvalue weighted by Gasteiger charge is -2.25. The average molecular weight is 577 g/mol. The molecular formula is C30H28N2O8S. The predicted octanol–water partition coefficient (Wildman–Crippen LogP) is 4.76. The maximum absolute atomic E-state index is 13.6. The lowest BCUT2D eigenvalue weighted by Crippen LogP contribution is -2.29. The third kappa shape index (κ3) is 4.93. The van der Waals surface area contributed by atoms with Crippen LogP contribution in [0.25, 0.3) is 5.76 Å². The molecule has 0 spiro atoms. The maximum Gasteiger partial charge on any atom is 0.350 e. The van der Waals surface area contributed by atoms with E-state index in [4.69, 9.17) is 18.9 Å². The van der Waals surface area contributed by atoms with Crippen molar-refractivity contribution in [2.75, 3.05) is 25.7 Å². The number of aryl methyl sites for hydroxylation is 1. The van der Waals surface area contributed by atoms with E-state index in [1.165, 1.54) is 25.2 Å². The van der Waals surface area contributed by atoms with Gasteiger partial charge in [0.25, 0.3) is 5.78 Å². The lowest BCUT2D eigenvalue weighted by atomic mass is 9.94. The number of ether oxygens (including phenoxy) is 4. The van der Waals surface area contributed by atoms with Crippen molar-refractivity contribution in [3.63, 3.8) is 0 Å². The molecule has 1 saturated heterocycles. The van der Waals surface area contributed by atoms with Crippen LogP contribution in [0.1, 0.15) is 45.0 Å². The smallest absolute Gasteiger partial charge is 0.350 e. The average Bonchev–Trinajstić information content (AvgIpc) is 3.62. The van der Waals surface area contributed by atoms with Crippen LogP contribution in [0.3, 0.4) is 0 Å². The van der Waals surface area contributed by atoms with Crippen molar-refractivity contribution in [3.05, 3.63) is 81.9 Å². The second kappa shape index (κ2) is 11.1. The molecule has 1 N–H and O–H groups in total. The number of methoxy groups -OCH3 is 2. The van der Waals surface area contributed by atoms with Gasteiger partial charge in [0.1, 0.15) is 46.6 Å². The highest BCUT2D eigenvalue weighted by Crippen LogP contribution is 2.47. The first-order valence-corrected chi connectivity index (χ1v) is 13.6. The van der Waals surface area contributed by atoms with Crippen LogP contribution in [0, 0.1) is 6.92 Å². The molecule has 2 unspecified atom stereocenters. The third-order valence-electron chi connectivity index (χ3n) is 6.86. The van der Waals surface area contributed by atoms with Crippen molar-refractivity contribution >= 4 is 39.9 Å². The number of aromatic nitrogens is 1. The number of aliphatic hydroxyl groups excluding tert-OH is 1. The number of benzene rings is 2. The number of aliphatic hydroxyl groups is 1. The predicted molar refractivity (Wildman–Crippen MR) is 152 cm³/mol. The van der Waals surface area contributed by atoms with E-state index in [2.05, 4.69) is 11.6 Å². The number of ketones is 1. The minimum absolute atomic E-state index is 0.00363. The SMILES string of the molecule is C=CCOC(=O)c1sc(N2C(=O)C(=O)/C(=C(/O)c3ccc4c(c3)CC(C)O4)C2c2ccc(OC)cc2OC)nc1C. The number of Topliss-reactive ketones (excluding diaryl/α,β-unsaturated/α-hetero) is 1. The Morgan fingerprint density at radius 1 is 1.22 bits per heavy atom. The van der Waals surface area contributed by atoms with E-state index in [0.717, 1.165) is 16.9 Å². The summed E-state index contributed by atoms with van der Waals surface area (Å²) in [5.74, 6) is -1.27. The molecule has 10 nitrogen and oxygen atoms in total. The first kappa shape index (κ1) is 27.9. The van der Waals surface area contributed by atoms with E-state index < -0.39 is 23.7 Å². The van der Waals surface area contributed by atoms with Crippen molar-refractivity contribution in [2.24, 2.45) is 0 Å². The van der Waals surface area contributed by atoms with Crippen LogP contribution in [0.4, 0.5) is 5.13 Å². The molecule has 1 amide bonds. The van der Waals surface area contributed by atoms with Crippen molar-refractivity contribution in [1.29, 1.82) is 0 Å². The van der Waals surface area contributed by atoms with E-state index in [-0.39, 0.29) is 34.1 Å². The molecule has 0 bridgehead atoms. The molecule has 41 heavy (non-hydrogen) atoms. The number of anilines is 1. The zero-order valence-electron chi connectivity index (χ0n) is 22.9. The minimum Gasteiger partial charge on any atom is -0.507 e. The summed E-state index contributed by atoms with van der Waals surface area (Å²) in [4.78, 5) is 45.7. The molecule has 3 heterocycles. The van der Waals surface area contributed by atoms with E-state index >= 15 is 0 Å². The monoisotopic (exact) mass is 576 g/mol. The maximum atomic E-state index is 13.6. The zero-order valence-corrected chi connectivity index (χ0v) is 23.7. The minimum atomic E-state index is -1.12. The molecule has 0 saturated carbocycles. The molecule has 0 aliphatic carbocycles. The van der Waals surface area contributed by atoms with Crippen molar-refractivity contribution in [1.82, 2.24) is 4.98 Å². The number of fused-ring (bicyclic) bond motifs is 1. The lowest BCUT2D eigenvalue weighted by molar-refractivity contribution is -0.132. The van der Waals surface area contributed by atoms with Gasteiger partial charge in [-0.25, -0.2) is 9.78 Å². The Balaban J connectivity index is 1.69. The van der Waals surface area contributed by atoms with Crippen molar-refractivity contribution in [2.45, 2.75) is 32.4 Å². The Morgan fingerprint density at radius 2 is 2.00 bits per heavy atom. The number of amides is 1. The van der Waals surface area contributed by atoms with Crippen LogP contribution in [-0.4, -0.2) is 54.7 Å². The van der Waals surface area contributed by atoms with Gasteiger partial charge in [-0.3, -0.25) is 14.5 Å². The highest BCUT2D eigenvalue weighted by Gasteiger charge is 2.49. The molecule has 2 atom stereocenters. The van der Waals surface area contributed by atoms with Crippen LogP contribution in [0.5, 0.6) is 17.2 Å². The molecule has 1 fully saturated rings. The Labute approximate surface area is 240 Å². The van der Waals surface area contributed by atoms with Gasteiger partial charge in [-0.1, -0.05) is 24.0 Å². The number of hydrogen-bond acceptors (Lipinski definition) is 10. The number of carbonyl (C=O) groups is 3. The Morgan fingerprint density at radius 3 is 2.71 bits per heavy atom. The van der Waals surface area contributed by atoms with Gasteiger partial charge in [-0.2, -0.15) is 0 Å². The van der Waals surface area contributed by atoms with E-state index in [9.17, 15) is 19.5 Å². The number of thiazole rings is 1. The summed E-state index contributed by atoms with van der Waals surface area (Å²) in [5.41, 5.74) is 1.84. The molecule has 212 valence electrons. The van der Waals surface area contributed by atoms with Crippen LogP contribution >= 0.6 is 11.3 Å². The number of esters is 1. The molecular weight excluding hydrogens is 548 g/mol. The Bertz CT molecular complexity index is 1610. The Kier molecular flexibility index (Phi) is 7.55. The van der Waals surface area contributed by atoms with Crippen LogP contribution in [0.15, 0.2) is 54.6 Å². The van der Waals surface area contributed by atoms with Gasteiger partial charge in [-0.15, -0.1) is 0 Å². The fraction of sp³-hybridized carbons (Fsp3) is 0.267. The van der Waals surface area contributed by atoms with E-state index in [1.54, 1.807) is 43.3 Å². The summed E-state index contributed by atoms with van der Waals surface area (Å²) in [5, 5.41) is 11.7. The first-order valence-electron chi connectivity index (χ1n) is 12.8. The summed E-state index contributed by atoms with van der Waals surface area (Å²) in [7, 11) is 2.96. The second-order valence-electron chi connectivity index (χ2n) is 9.53. The largest absolute Gasteiger partial charge is 0.507 e. The summed E-state index contributed by atoms with van der Waals surface area (Å²) in [6.07, 6.45) is 2.07. The number of carbonyl (C=O) groups excluding carboxylic acids is 3. The molecule has 2 aromatic carbocycles. The number of nitrogens with zero attached hydrogens (tertiary/aromatic N) is 2. The van der Waals surface area contributed by atoms with Gasteiger partial charge in [0.15, 0.2) is 5.13 Å². The zero-order chi connectivity index (χ0) is 29.4. The number of hydrogen-bond donors (Lipinski definition) is 1. The summed E-state index contributed by atoms with van der Waals surface area (Å²) < 4.78 is 21.9. The first-order chi connectivity index (χ1) is 19.7. The summed E-state index contributed by atoms with van der Waals surface area (Å²) in [6.45, 7) is 7.10. The van der Waals surface area contributed by atoms with Gasteiger partial charge in [0.2, 0.25) is 0 Å². The normalized spacial score (nSPS) is 19.1. The molecule has 3 aromatic rings.